The zero-order chi connectivity index (χ0) is 20.4. The fourth-order valence-corrected chi connectivity index (χ4v) is 4.80. The Kier molecular flexibility index (Phi) is 9.62. The number of hydrogen-bond donors (Lipinski definition) is 1. The van der Waals surface area contributed by atoms with E-state index in [2.05, 4.69) is 69.9 Å². The van der Waals surface area contributed by atoms with Gasteiger partial charge in [0, 0.05) is 12.2 Å². The fourth-order valence-electron chi connectivity index (χ4n) is 4.80. The summed E-state index contributed by atoms with van der Waals surface area (Å²) in [5.41, 5.74) is 3.19. The van der Waals surface area contributed by atoms with Gasteiger partial charge in [-0.25, -0.2) is 0 Å². The van der Waals surface area contributed by atoms with Crippen molar-refractivity contribution in [1.29, 1.82) is 0 Å². The molecule has 28 heavy (non-hydrogen) atoms. The minimum absolute atomic E-state index is 0.438. The summed E-state index contributed by atoms with van der Waals surface area (Å²) in [4.78, 5) is 0. The fraction of sp³-hybridized carbons (Fsp3) is 0.704. The van der Waals surface area contributed by atoms with Crippen LogP contribution in [0.2, 0.25) is 0 Å². The third-order valence-electron chi connectivity index (χ3n) is 6.73. The zero-order valence-electron chi connectivity index (χ0n) is 19.1. The Morgan fingerprint density at radius 2 is 1.75 bits per heavy atom. The van der Waals surface area contributed by atoms with Crippen molar-refractivity contribution in [1.82, 2.24) is 5.32 Å². The number of unbranched alkanes of at least 4 members (excludes halogenated alkanes) is 4. The van der Waals surface area contributed by atoms with Crippen molar-refractivity contribution in [2.75, 3.05) is 6.54 Å². The summed E-state index contributed by atoms with van der Waals surface area (Å²) in [6.45, 7) is 14.9. The molecule has 3 atom stereocenters. The Bertz CT molecular complexity index is 559. The van der Waals surface area contributed by atoms with Gasteiger partial charge in [-0.1, -0.05) is 96.7 Å². The maximum Gasteiger partial charge on any atom is 0.0143 e. The molecule has 3 unspecified atom stereocenters. The molecule has 1 N–H and O–H groups in total. The van der Waals surface area contributed by atoms with E-state index in [1.54, 1.807) is 0 Å². The van der Waals surface area contributed by atoms with Crippen LogP contribution in [0.5, 0.6) is 0 Å². The van der Waals surface area contributed by atoms with Crippen LogP contribution < -0.4 is 5.32 Å². The second kappa shape index (κ2) is 11.7. The number of rotatable bonds is 15. The third-order valence-corrected chi connectivity index (χ3v) is 6.73. The second-order valence-corrected chi connectivity index (χ2v) is 10.1. The molecule has 1 saturated carbocycles. The lowest BCUT2D eigenvalue weighted by Crippen LogP contribution is -2.15. The molecule has 1 aromatic carbocycles. The summed E-state index contributed by atoms with van der Waals surface area (Å²) in [6, 6.07) is 11.0. The van der Waals surface area contributed by atoms with Gasteiger partial charge in [0.25, 0.3) is 0 Å². The average molecular weight is 384 g/mol. The molecule has 0 amide bonds. The minimum atomic E-state index is 0.438. The molecule has 0 aromatic heterocycles. The van der Waals surface area contributed by atoms with Crippen LogP contribution in [-0.2, 0) is 0 Å². The molecule has 158 valence electrons. The van der Waals surface area contributed by atoms with Crippen molar-refractivity contribution in [2.24, 2.45) is 17.3 Å². The van der Waals surface area contributed by atoms with Crippen LogP contribution in [0.15, 0.2) is 42.6 Å². The Morgan fingerprint density at radius 1 is 1.07 bits per heavy atom. The first-order chi connectivity index (χ1) is 13.4. The van der Waals surface area contributed by atoms with E-state index in [0.29, 0.717) is 11.3 Å². The van der Waals surface area contributed by atoms with Gasteiger partial charge in [-0.05, 0) is 60.8 Å². The predicted molar refractivity (Wildman–Crippen MR) is 125 cm³/mol. The molecule has 1 nitrogen and oxygen atoms in total. The van der Waals surface area contributed by atoms with Crippen molar-refractivity contribution >= 4 is 0 Å². The van der Waals surface area contributed by atoms with Gasteiger partial charge in [-0.2, -0.15) is 0 Å². The van der Waals surface area contributed by atoms with Gasteiger partial charge in [0.15, 0.2) is 0 Å². The van der Waals surface area contributed by atoms with E-state index in [1.165, 1.54) is 75.5 Å². The van der Waals surface area contributed by atoms with Gasteiger partial charge >= 0.3 is 0 Å². The van der Waals surface area contributed by atoms with Crippen LogP contribution >= 0.6 is 0 Å². The van der Waals surface area contributed by atoms with Crippen LogP contribution in [-0.4, -0.2) is 6.54 Å². The first-order valence-corrected chi connectivity index (χ1v) is 11.9. The highest BCUT2D eigenvalue weighted by molar-refractivity contribution is 5.18. The molecule has 1 fully saturated rings. The second-order valence-electron chi connectivity index (χ2n) is 10.1. The van der Waals surface area contributed by atoms with Crippen molar-refractivity contribution in [2.45, 2.75) is 97.8 Å². The predicted octanol–water partition coefficient (Wildman–Crippen LogP) is 8.09. The van der Waals surface area contributed by atoms with Crippen molar-refractivity contribution in [3.05, 3.63) is 48.2 Å². The molecule has 1 heteroatoms. The van der Waals surface area contributed by atoms with E-state index < -0.39 is 0 Å². The number of allylic oxidation sites excluding steroid dienone is 1. The number of benzene rings is 1. The molecular weight excluding hydrogens is 338 g/mol. The smallest absolute Gasteiger partial charge is 0.0143 e. The highest BCUT2D eigenvalue weighted by atomic mass is 14.9. The summed E-state index contributed by atoms with van der Waals surface area (Å²) in [6.07, 6.45) is 13.4. The third kappa shape index (κ3) is 8.84. The van der Waals surface area contributed by atoms with E-state index >= 15 is 0 Å². The molecule has 0 radical (unpaired) electrons. The molecule has 0 bridgehead atoms. The lowest BCUT2D eigenvalue weighted by molar-refractivity contribution is 0.275. The van der Waals surface area contributed by atoms with E-state index in [1.807, 2.05) is 0 Å². The molecular formula is C27H45N. The number of nitrogens with one attached hydrogen (secondary N) is 1. The van der Waals surface area contributed by atoms with Gasteiger partial charge in [0.1, 0.15) is 0 Å². The van der Waals surface area contributed by atoms with E-state index in [0.717, 1.165) is 18.4 Å². The van der Waals surface area contributed by atoms with E-state index in [9.17, 15) is 0 Å². The quantitative estimate of drug-likeness (QED) is 0.302. The summed E-state index contributed by atoms with van der Waals surface area (Å²) in [5, 5.41) is 3.56. The van der Waals surface area contributed by atoms with Crippen molar-refractivity contribution in [3.8, 4) is 0 Å². The van der Waals surface area contributed by atoms with Gasteiger partial charge in [-0.3, -0.25) is 0 Å². The van der Waals surface area contributed by atoms with E-state index in [4.69, 9.17) is 0 Å². The van der Waals surface area contributed by atoms with Gasteiger partial charge in [0.05, 0.1) is 0 Å². The van der Waals surface area contributed by atoms with Crippen LogP contribution in [0.4, 0.5) is 0 Å². The van der Waals surface area contributed by atoms with E-state index in [-0.39, 0.29) is 0 Å². The Morgan fingerprint density at radius 3 is 2.43 bits per heavy atom. The van der Waals surface area contributed by atoms with Crippen LogP contribution in [0.25, 0.3) is 0 Å². The molecule has 1 aliphatic carbocycles. The minimum Gasteiger partial charge on any atom is -0.389 e. The van der Waals surface area contributed by atoms with Gasteiger partial charge in [0.2, 0.25) is 0 Å². The van der Waals surface area contributed by atoms with Gasteiger partial charge < -0.3 is 5.32 Å². The number of hydrogen-bond acceptors (Lipinski definition) is 1. The zero-order valence-corrected chi connectivity index (χ0v) is 19.1. The van der Waals surface area contributed by atoms with Crippen molar-refractivity contribution in [3.63, 3.8) is 0 Å². The molecule has 0 spiro atoms. The normalized spacial score (nSPS) is 20.0. The standard InChI is InChI=1S/C27H45N/c1-6-24-20-26(24)19-23(3)28-18-14-9-7-8-13-17-27(4,5)21-22(2)25-15-11-10-12-16-25/h10-12,15-16,22,24,26,28H,3,6-9,13-14,17-21H2,1-2,4-5H3. The molecule has 0 aliphatic heterocycles. The molecule has 1 aromatic rings. The molecule has 0 heterocycles. The van der Waals surface area contributed by atoms with Crippen LogP contribution in [0.3, 0.4) is 0 Å². The van der Waals surface area contributed by atoms with Crippen molar-refractivity contribution < 1.29 is 0 Å². The summed E-state index contributed by atoms with van der Waals surface area (Å²) in [7, 11) is 0. The SMILES string of the molecule is C=C(CC1CC1CC)NCCCCCCCC(C)(C)CC(C)c1ccccc1. The first kappa shape index (κ1) is 23.0. The monoisotopic (exact) mass is 383 g/mol. The largest absolute Gasteiger partial charge is 0.389 e. The highest BCUT2D eigenvalue weighted by Crippen LogP contribution is 2.44. The topological polar surface area (TPSA) is 12.0 Å². The maximum absolute atomic E-state index is 4.21. The lowest BCUT2D eigenvalue weighted by atomic mass is 9.77. The van der Waals surface area contributed by atoms with Crippen LogP contribution in [0, 0.1) is 17.3 Å². The Balaban J connectivity index is 1.46. The highest BCUT2D eigenvalue weighted by Gasteiger charge is 2.35. The van der Waals surface area contributed by atoms with Gasteiger partial charge in [-0.15, -0.1) is 0 Å². The average Bonchev–Trinajstić information content (AvgIpc) is 3.42. The molecule has 0 saturated heterocycles. The molecule has 2 rings (SSSR count). The summed E-state index contributed by atoms with van der Waals surface area (Å²) < 4.78 is 0. The summed E-state index contributed by atoms with van der Waals surface area (Å²) >= 11 is 0. The summed E-state index contributed by atoms with van der Waals surface area (Å²) in [5.74, 6) is 2.56. The lowest BCUT2D eigenvalue weighted by Gasteiger charge is -2.28. The Hall–Kier alpha value is -1.24. The Labute approximate surface area is 175 Å². The maximum atomic E-state index is 4.21. The first-order valence-electron chi connectivity index (χ1n) is 11.9. The molecule has 1 aliphatic rings. The van der Waals surface area contributed by atoms with Crippen LogP contribution in [0.1, 0.15) is 103 Å².